The van der Waals surface area contributed by atoms with E-state index in [4.69, 9.17) is 0 Å². The maximum Gasteiger partial charge on any atom is 0.243 e. The first kappa shape index (κ1) is 17.5. The van der Waals surface area contributed by atoms with Crippen LogP contribution in [0.1, 0.15) is 24.6 Å². The fourth-order valence-electron chi connectivity index (χ4n) is 3.13. The Morgan fingerprint density at radius 1 is 1.04 bits per heavy atom. The minimum absolute atomic E-state index is 0.289. The molecule has 2 aromatic heterocycles. The lowest BCUT2D eigenvalue weighted by Gasteiger charge is -2.23. The monoisotopic (exact) mass is 382 g/mol. The number of anilines is 2. The second kappa shape index (κ2) is 7.37. The molecule has 27 heavy (non-hydrogen) atoms. The summed E-state index contributed by atoms with van der Waals surface area (Å²) in [7, 11) is -3.59. The predicted molar refractivity (Wildman–Crippen MR) is 99.7 cm³/mol. The van der Waals surface area contributed by atoms with E-state index in [9.17, 15) is 8.42 Å². The average molecular weight is 382 g/mol. The number of benzene rings is 1. The molecule has 3 aromatic rings. The maximum atomic E-state index is 13.0. The van der Waals surface area contributed by atoms with Crippen LogP contribution < -0.4 is 5.32 Å². The summed E-state index contributed by atoms with van der Waals surface area (Å²) in [6.45, 7) is 0.461. The third-order valence-electron chi connectivity index (χ3n) is 4.35. The number of rotatable bonds is 5. The maximum absolute atomic E-state index is 13.0. The van der Waals surface area contributed by atoms with E-state index in [0.717, 1.165) is 6.42 Å². The van der Waals surface area contributed by atoms with Gasteiger partial charge in [-0.25, -0.2) is 23.4 Å². The molecule has 3 heterocycles. The summed E-state index contributed by atoms with van der Waals surface area (Å²) in [5, 5.41) is 2.99. The molecule has 9 heteroatoms. The van der Waals surface area contributed by atoms with Gasteiger partial charge in [0.1, 0.15) is 0 Å². The normalized spacial score (nSPS) is 17.7. The van der Waals surface area contributed by atoms with Crippen LogP contribution in [0.4, 0.5) is 11.8 Å². The predicted octanol–water partition coefficient (Wildman–Crippen LogP) is 2.54. The molecule has 0 radical (unpaired) electrons. The molecule has 1 aliphatic heterocycles. The molecular formula is C18H18N6O2S. The van der Waals surface area contributed by atoms with E-state index < -0.39 is 10.0 Å². The van der Waals surface area contributed by atoms with Crippen molar-refractivity contribution >= 4 is 21.8 Å². The van der Waals surface area contributed by atoms with Gasteiger partial charge < -0.3 is 5.32 Å². The Kier molecular flexibility index (Phi) is 4.78. The van der Waals surface area contributed by atoms with Gasteiger partial charge in [0.15, 0.2) is 5.82 Å². The van der Waals surface area contributed by atoms with Crippen molar-refractivity contribution in [3.63, 3.8) is 0 Å². The zero-order valence-electron chi connectivity index (χ0n) is 14.4. The van der Waals surface area contributed by atoms with Crippen molar-refractivity contribution in [2.24, 2.45) is 0 Å². The molecule has 0 bridgehead atoms. The van der Waals surface area contributed by atoms with E-state index >= 15 is 0 Å². The zero-order chi connectivity index (χ0) is 18.7. The molecule has 138 valence electrons. The van der Waals surface area contributed by atoms with Gasteiger partial charge in [0.2, 0.25) is 16.0 Å². The Morgan fingerprint density at radius 3 is 2.59 bits per heavy atom. The van der Waals surface area contributed by atoms with Crippen LogP contribution in [0, 0.1) is 0 Å². The molecule has 0 spiro atoms. The second-order valence-electron chi connectivity index (χ2n) is 6.11. The molecule has 1 saturated heterocycles. The van der Waals surface area contributed by atoms with Crippen molar-refractivity contribution in [2.45, 2.75) is 23.8 Å². The summed E-state index contributed by atoms with van der Waals surface area (Å²) >= 11 is 0. The largest absolute Gasteiger partial charge is 0.307 e. The van der Waals surface area contributed by atoms with Crippen molar-refractivity contribution < 1.29 is 8.42 Å². The van der Waals surface area contributed by atoms with E-state index in [-0.39, 0.29) is 10.9 Å². The van der Waals surface area contributed by atoms with Gasteiger partial charge in [-0.1, -0.05) is 18.2 Å². The highest BCUT2D eigenvalue weighted by Crippen LogP contribution is 2.35. The summed E-state index contributed by atoms with van der Waals surface area (Å²) in [6.07, 6.45) is 7.89. The molecular weight excluding hydrogens is 364 g/mol. The molecule has 4 rings (SSSR count). The van der Waals surface area contributed by atoms with E-state index in [0.29, 0.717) is 30.4 Å². The molecule has 1 atom stereocenters. The summed E-state index contributed by atoms with van der Waals surface area (Å²) in [6, 6.07) is 9.85. The molecule has 8 nitrogen and oxygen atoms in total. The summed E-state index contributed by atoms with van der Waals surface area (Å²) in [5.41, 5.74) is 0.605. The van der Waals surface area contributed by atoms with Gasteiger partial charge in [-0.15, -0.1) is 0 Å². The Bertz CT molecular complexity index is 1010. The van der Waals surface area contributed by atoms with Crippen LogP contribution >= 0.6 is 0 Å². The minimum Gasteiger partial charge on any atom is -0.307 e. The first-order valence-corrected chi connectivity index (χ1v) is 10.0. The molecule has 1 aromatic carbocycles. The van der Waals surface area contributed by atoms with Gasteiger partial charge in [0.25, 0.3) is 0 Å². The summed E-state index contributed by atoms with van der Waals surface area (Å²) in [5.74, 6) is 0.881. The Hall–Kier alpha value is -2.91. The molecule has 0 aliphatic carbocycles. The Balaban J connectivity index is 1.62. The van der Waals surface area contributed by atoms with Gasteiger partial charge in [-0.3, -0.25) is 4.98 Å². The molecule has 0 saturated carbocycles. The van der Waals surface area contributed by atoms with E-state index in [1.54, 1.807) is 61.2 Å². The molecule has 1 aliphatic rings. The topological polar surface area (TPSA) is 101 Å². The van der Waals surface area contributed by atoms with E-state index in [1.165, 1.54) is 4.31 Å². The highest BCUT2D eigenvalue weighted by Gasteiger charge is 2.37. The number of nitrogens with one attached hydrogen (secondary N) is 1. The number of sulfonamides is 1. The van der Waals surface area contributed by atoms with E-state index in [2.05, 4.69) is 25.3 Å². The van der Waals surface area contributed by atoms with Crippen molar-refractivity contribution in [3.8, 4) is 0 Å². The van der Waals surface area contributed by atoms with Crippen LogP contribution in [-0.4, -0.2) is 39.2 Å². The third kappa shape index (κ3) is 3.64. The lowest BCUT2D eigenvalue weighted by atomic mass is 10.2. The van der Waals surface area contributed by atoms with Crippen molar-refractivity contribution in [1.82, 2.24) is 24.2 Å². The molecule has 1 fully saturated rings. The highest BCUT2D eigenvalue weighted by atomic mass is 32.2. The SMILES string of the molecule is O=S(=O)(c1ccccc1)N1CCCC1c1cncc(Nc2ncccn2)n1. The van der Waals surface area contributed by atoms with Crippen molar-refractivity contribution in [1.29, 1.82) is 0 Å². The van der Waals surface area contributed by atoms with E-state index in [1.807, 2.05) is 0 Å². The van der Waals surface area contributed by atoms with Crippen LogP contribution in [0.3, 0.4) is 0 Å². The van der Waals surface area contributed by atoms with Gasteiger partial charge >= 0.3 is 0 Å². The van der Waals surface area contributed by atoms with Crippen molar-refractivity contribution in [2.75, 3.05) is 11.9 Å². The van der Waals surface area contributed by atoms with Gasteiger partial charge in [-0.05, 0) is 31.0 Å². The van der Waals surface area contributed by atoms with Crippen LogP contribution in [0.25, 0.3) is 0 Å². The van der Waals surface area contributed by atoms with Crippen LogP contribution in [0.2, 0.25) is 0 Å². The number of hydrogen-bond acceptors (Lipinski definition) is 7. The summed E-state index contributed by atoms with van der Waals surface area (Å²) in [4.78, 5) is 17.2. The van der Waals surface area contributed by atoms with Gasteiger partial charge in [0.05, 0.1) is 29.0 Å². The highest BCUT2D eigenvalue weighted by molar-refractivity contribution is 7.89. The fourth-order valence-corrected chi connectivity index (χ4v) is 4.82. The Morgan fingerprint density at radius 2 is 1.81 bits per heavy atom. The molecule has 1 N–H and O–H groups in total. The quantitative estimate of drug-likeness (QED) is 0.723. The zero-order valence-corrected chi connectivity index (χ0v) is 15.2. The van der Waals surface area contributed by atoms with Gasteiger partial charge in [-0.2, -0.15) is 4.31 Å². The molecule has 0 amide bonds. The number of hydrogen-bond donors (Lipinski definition) is 1. The standard InChI is InChI=1S/C18H18N6O2S/c25-27(26,14-6-2-1-3-7-14)24-11-4-8-16(24)15-12-19-13-17(22-15)23-18-20-9-5-10-21-18/h1-3,5-7,9-10,12-13,16H,4,8,11H2,(H,20,21,22,23). The number of aromatic nitrogens is 4. The van der Waals surface area contributed by atoms with Crippen LogP contribution in [-0.2, 0) is 10.0 Å². The smallest absolute Gasteiger partial charge is 0.243 e. The Labute approximate surface area is 157 Å². The first-order valence-electron chi connectivity index (χ1n) is 8.57. The minimum atomic E-state index is -3.59. The van der Waals surface area contributed by atoms with Crippen LogP contribution in [0.15, 0.2) is 66.1 Å². The first-order chi connectivity index (χ1) is 13.1. The number of nitrogens with zero attached hydrogens (tertiary/aromatic N) is 5. The van der Waals surface area contributed by atoms with Crippen molar-refractivity contribution in [3.05, 3.63) is 66.9 Å². The third-order valence-corrected chi connectivity index (χ3v) is 6.28. The molecule has 1 unspecified atom stereocenters. The van der Waals surface area contributed by atoms with Crippen LogP contribution in [0.5, 0.6) is 0 Å². The lowest BCUT2D eigenvalue weighted by Crippen LogP contribution is -2.31. The summed E-state index contributed by atoms with van der Waals surface area (Å²) < 4.78 is 27.6. The second-order valence-corrected chi connectivity index (χ2v) is 8.00. The fraction of sp³-hybridized carbons (Fsp3) is 0.222. The van der Waals surface area contributed by atoms with Gasteiger partial charge in [0, 0.05) is 18.9 Å². The average Bonchev–Trinajstić information content (AvgIpc) is 3.21. The lowest BCUT2D eigenvalue weighted by molar-refractivity contribution is 0.390.